The van der Waals surface area contributed by atoms with E-state index in [9.17, 15) is 4.79 Å². The number of ketones is 1. The van der Waals surface area contributed by atoms with Crippen molar-refractivity contribution in [3.63, 3.8) is 0 Å². The van der Waals surface area contributed by atoms with Crippen molar-refractivity contribution < 1.29 is 4.79 Å². The smallest absolute Gasteiger partial charge is 0.166 e. The first-order valence-corrected chi connectivity index (χ1v) is 4.42. The van der Waals surface area contributed by atoms with E-state index in [1.54, 1.807) is 0 Å². The van der Waals surface area contributed by atoms with Crippen molar-refractivity contribution in [3.8, 4) is 0 Å². The highest BCUT2D eigenvalue weighted by Crippen LogP contribution is 2.12. The lowest BCUT2D eigenvalue weighted by Gasteiger charge is -1.93. The number of halogens is 1. The minimum Gasteiger partial charge on any atom is -0.294 e. The van der Waals surface area contributed by atoms with E-state index in [-0.39, 0.29) is 5.78 Å². The maximum absolute atomic E-state index is 10.8. The van der Waals surface area contributed by atoms with Crippen molar-refractivity contribution in [1.82, 2.24) is 0 Å². The fourth-order valence-electron chi connectivity index (χ4n) is 0.797. The maximum atomic E-state index is 10.8. The molecule has 0 atom stereocenters. The summed E-state index contributed by atoms with van der Waals surface area (Å²) in [5.41, 5.74) is 1.03. The van der Waals surface area contributed by atoms with Crippen molar-refractivity contribution in [2.75, 3.05) is 0 Å². The van der Waals surface area contributed by atoms with Gasteiger partial charge in [0.1, 0.15) is 0 Å². The second-order valence-electron chi connectivity index (χ2n) is 2.46. The number of hydrogen-bond acceptors (Lipinski definition) is 1. The van der Waals surface area contributed by atoms with Crippen LogP contribution in [0.1, 0.15) is 12.5 Å². The number of Topliss-reactive ketones (excluding diaryl/α,β-unsaturated/α-hetero) is 1. The molecule has 0 N–H and O–H groups in total. The lowest BCUT2D eigenvalue weighted by atomic mass is 10.2. The summed E-state index contributed by atoms with van der Waals surface area (Å²) in [5, 5.41) is 0. The van der Waals surface area contributed by atoms with Crippen LogP contribution in [0, 0.1) is 0 Å². The van der Waals surface area contributed by atoms with E-state index < -0.39 is 0 Å². The molecule has 0 spiro atoms. The minimum absolute atomic E-state index is 0.0406. The van der Waals surface area contributed by atoms with Crippen LogP contribution in [0.2, 0.25) is 0 Å². The number of carbonyl (C=O) groups is 1. The van der Waals surface area contributed by atoms with Crippen molar-refractivity contribution in [2.45, 2.75) is 6.92 Å². The third kappa shape index (κ3) is 2.62. The first-order chi connectivity index (χ1) is 5.70. The van der Waals surface area contributed by atoms with Crippen LogP contribution in [-0.2, 0) is 4.79 Å². The molecule has 0 bridgehead atoms. The van der Waals surface area contributed by atoms with Gasteiger partial charge in [0.25, 0.3) is 0 Å². The summed E-state index contributed by atoms with van der Waals surface area (Å²) < 4.78 is 0.605. The molecule has 0 saturated carbocycles. The Morgan fingerprint density at radius 1 is 1.33 bits per heavy atom. The Kier molecular flexibility index (Phi) is 3.23. The molecule has 0 radical (unpaired) electrons. The zero-order valence-electron chi connectivity index (χ0n) is 6.75. The number of allylic oxidation sites excluding steroid dienone is 1. The van der Waals surface area contributed by atoms with Crippen molar-refractivity contribution in [2.24, 2.45) is 0 Å². The topological polar surface area (TPSA) is 17.1 Å². The van der Waals surface area contributed by atoms with Crippen LogP contribution >= 0.6 is 15.9 Å². The lowest BCUT2D eigenvalue weighted by Crippen LogP contribution is -1.87. The molecule has 1 aromatic rings. The first-order valence-electron chi connectivity index (χ1n) is 3.63. The SMILES string of the molecule is CC(=O)/C(Br)=C\c1ccccc1. The average molecular weight is 225 g/mol. The van der Waals surface area contributed by atoms with E-state index in [4.69, 9.17) is 0 Å². The molecule has 0 fully saturated rings. The van der Waals surface area contributed by atoms with Gasteiger partial charge in [-0.25, -0.2) is 0 Å². The van der Waals surface area contributed by atoms with Gasteiger partial charge in [-0.05, 0) is 34.5 Å². The van der Waals surface area contributed by atoms with E-state index in [1.165, 1.54) is 6.92 Å². The quantitative estimate of drug-likeness (QED) is 0.707. The molecule has 0 heterocycles. The predicted octanol–water partition coefficient (Wildman–Crippen LogP) is 3.01. The second-order valence-corrected chi connectivity index (χ2v) is 3.31. The molecule has 0 amide bonds. The standard InChI is InChI=1S/C10H9BrO/c1-8(12)10(11)7-9-5-3-2-4-6-9/h2-7H,1H3/b10-7+. The molecule has 1 aromatic carbocycles. The van der Waals surface area contributed by atoms with Crippen LogP contribution < -0.4 is 0 Å². The van der Waals surface area contributed by atoms with Gasteiger partial charge in [0.05, 0.1) is 4.48 Å². The molecule has 0 aliphatic rings. The van der Waals surface area contributed by atoms with E-state index in [0.717, 1.165) is 5.56 Å². The van der Waals surface area contributed by atoms with Crippen molar-refractivity contribution in [3.05, 3.63) is 40.4 Å². The Balaban J connectivity index is 2.89. The first kappa shape index (κ1) is 9.20. The van der Waals surface area contributed by atoms with Crippen LogP contribution in [0.25, 0.3) is 6.08 Å². The van der Waals surface area contributed by atoms with E-state index in [2.05, 4.69) is 15.9 Å². The van der Waals surface area contributed by atoms with Crippen LogP contribution in [-0.4, -0.2) is 5.78 Å². The Hall–Kier alpha value is -0.890. The summed E-state index contributed by atoms with van der Waals surface area (Å²) in [6.07, 6.45) is 1.81. The zero-order valence-corrected chi connectivity index (χ0v) is 8.34. The molecular formula is C10H9BrO. The van der Waals surface area contributed by atoms with Gasteiger partial charge >= 0.3 is 0 Å². The maximum Gasteiger partial charge on any atom is 0.166 e. The summed E-state index contributed by atoms with van der Waals surface area (Å²) in [7, 11) is 0. The monoisotopic (exact) mass is 224 g/mol. The molecule has 2 heteroatoms. The average Bonchev–Trinajstić information content (AvgIpc) is 2.06. The number of hydrogen-bond donors (Lipinski definition) is 0. The number of rotatable bonds is 2. The third-order valence-corrected chi connectivity index (χ3v) is 2.22. The van der Waals surface area contributed by atoms with Gasteiger partial charge in [0.15, 0.2) is 5.78 Å². The van der Waals surface area contributed by atoms with Crippen molar-refractivity contribution in [1.29, 1.82) is 0 Å². The van der Waals surface area contributed by atoms with E-state index in [0.29, 0.717) is 4.48 Å². The summed E-state index contributed by atoms with van der Waals surface area (Å²) >= 11 is 3.19. The third-order valence-electron chi connectivity index (χ3n) is 1.43. The van der Waals surface area contributed by atoms with Gasteiger partial charge in [0.2, 0.25) is 0 Å². The molecule has 0 aliphatic heterocycles. The largest absolute Gasteiger partial charge is 0.294 e. The Labute approximate surface area is 80.2 Å². The van der Waals surface area contributed by atoms with Crippen LogP contribution in [0.3, 0.4) is 0 Å². The summed E-state index contributed by atoms with van der Waals surface area (Å²) in [6.45, 7) is 1.53. The van der Waals surface area contributed by atoms with Gasteiger partial charge in [-0.2, -0.15) is 0 Å². The molecule has 0 aromatic heterocycles. The lowest BCUT2D eigenvalue weighted by molar-refractivity contribution is -0.112. The van der Waals surface area contributed by atoms with Crippen LogP contribution in [0.5, 0.6) is 0 Å². The number of benzene rings is 1. The van der Waals surface area contributed by atoms with E-state index in [1.807, 2.05) is 36.4 Å². The normalized spacial score (nSPS) is 11.3. The van der Waals surface area contributed by atoms with Gasteiger partial charge in [0, 0.05) is 0 Å². The Morgan fingerprint density at radius 3 is 2.42 bits per heavy atom. The summed E-state index contributed by atoms with van der Waals surface area (Å²) in [6, 6.07) is 9.71. The van der Waals surface area contributed by atoms with Gasteiger partial charge in [-0.15, -0.1) is 0 Å². The van der Waals surface area contributed by atoms with E-state index >= 15 is 0 Å². The molecule has 0 saturated heterocycles. The number of carbonyl (C=O) groups excluding carboxylic acids is 1. The fourth-order valence-corrected chi connectivity index (χ4v) is 1.06. The summed E-state index contributed by atoms with van der Waals surface area (Å²) in [4.78, 5) is 10.8. The molecule has 0 aliphatic carbocycles. The summed E-state index contributed by atoms with van der Waals surface area (Å²) in [5.74, 6) is 0.0406. The zero-order chi connectivity index (χ0) is 8.97. The predicted molar refractivity (Wildman–Crippen MR) is 54.0 cm³/mol. The molecule has 0 unspecified atom stereocenters. The molecule has 1 rings (SSSR count). The Bertz CT molecular complexity index is 301. The highest BCUT2D eigenvalue weighted by Gasteiger charge is 1.96. The molecule has 62 valence electrons. The minimum atomic E-state index is 0.0406. The van der Waals surface area contributed by atoms with Gasteiger partial charge in [-0.3, -0.25) is 4.79 Å². The molecule has 12 heavy (non-hydrogen) atoms. The molecular weight excluding hydrogens is 216 g/mol. The molecule has 1 nitrogen and oxygen atoms in total. The van der Waals surface area contributed by atoms with Crippen molar-refractivity contribution >= 4 is 27.8 Å². The fraction of sp³-hybridized carbons (Fsp3) is 0.100. The second kappa shape index (κ2) is 4.21. The van der Waals surface area contributed by atoms with Crippen LogP contribution in [0.4, 0.5) is 0 Å². The highest BCUT2D eigenvalue weighted by atomic mass is 79.9. The van der Waals surface area contributed by atoms with Crippen LogP contribution in [0.15, 0.2) is 34.8 Å². The van der Waals surface area contributed by atoms with Gasteiger partial charge in [-0.1, -0.05) is 30.3 Å². The Morgan fingerprint density at radius 2 is 1.92 bits per heavy atom. The van der Waals surface area contributed by atoms with Gasteiger partial charge < -0.3 is 0 Å². The highest BCUT2D eigenvalue weighted by molar-refractivity contribution is 9.12.